The van der Waals surface area contributed by atoms with Crippen LogP contribution in [-0.4, -0.2) is 24.3 Å². The lowest BCUT2D eigenvalue weighted by Crippen LogP contribution is -2.21. The molecule has 2 rings (SSSR count). The van der Waals surface area contributed by atoms with E-state index in [-0.39, 0.29) is 6.60 Å². The quantitative estimate of drug-likeness (QED) is 0.708. The highest BCUT2D eigenvalue weighted by Crippen LogP contribution is 2.04. The summed E-state index contributed by atoms with van der Waals surface area (Å²) in [6, 6.07) is 8.03. The molecule has 0 spiro atoms. The van der Waals surface area contributed by atoms with Gasteiger partial charge in [-0.15, -0.1) is 0 Å². The Balaban J connectivity index is 1.92. The van der Waals surface area contributed by atoms with Crippen molar-refractivity contribution in [2.45, 2.75) is 12.6 Å². The minimum Gasteiger partial charge on any atom is -0.265 e. The predicted octanol–water partition coefficient (Wildman–Crippen LogP) is 1.50. The molecule has 0 atom stereocenters. The van der Waals surface area contributed by atoms with Crippen LogP contribution in [0.2, 0.25) is 0 Å². The molecule has 4 heteroatoms. The summed E-state index contributed by atoms with van der Waals surface area (Å²) in [6.45, 7) is 0.143. The molecular formula is C12H12B2N2. The molecule has 0 saturated heterocycles. The van der Waals surface area contributed by atoms with Crippen LogP contribution in [-0.2, 0) is 12.6 Å². The third-order valence-electron chi connectivity index (χ3n) is 2.49. The van der Waals surface area contributed by atoms with Gasteiger partial charge in [-0.25, -0.2) is 0 Å². The normalized spacial score (nSPS) is 10.0. The summed E-state index contributed by atoms with van der Waals surface area (Å²) in [5, 5.41) is 0. The van der Waals surface area contributed by atoms with E-state index >= 15 is 0 Å². The molecule has 2 nitrogen and oxygen atoms in total. The molecule has 2 heterocycles. The third-order valence-corrected chi connectivity index (χ3v) is 2.49. The second-order valence-corrected chi connectivity index (χ2v) is 3.88. The van der Waals surface area contributed by atoms with Crippen LogP contribution in [0.15, 0.2) is 49.1 Å². The maximum absolute atomic E-state index is 6.10. The van der Waals surface area contributed by atoms with E-state index in [4.69, 9.17) is 7.74 Å². The Labute approximate surface area is 97.6 Å². The highest BCUT2D eigenvalue weighted by molar-refractivity contribution is 7.02. The summed E-state index contributed by atoms with van der Waals surface area (Å²) in [5.41, 5.74) is 2.47. The summed E-state index contributed by atoms with van der Waals surface area (Å²) in [6.07, 6.45) is 8.96. The molecule has 2 aromatic rings. The van der Waals surface area contributed by atoms with Crippen LogP contribution >= 0.6 is 0 Å². The molecule has 0 aromatic carbocycles. The minimum absolute atomic E-state index is 0.143. The zero-order valence-corrected chi connectivity index (χ0v) is 9.08. The van der Waals surface area contributed by atoms with Crippen molar-refractivity contribution in [2.24, 2.45) is 0 Å². The van der Waals surface area contributed by atoms with Gasteiger partial charge in [0.2, 0.25) is 0 Å². The smallest absolute Gasteiger partial charge is 0.101 e. The molecule has 2 radical (unpaired) electrons. The van der Waals surface area contributed by atoms with Gasteiger partial charge in [-0.05, 0) is 24.3 Å². The standard InChI is InChI=1S/C12H12B2N2/c13-14(9-11-1-5-15-6-2-11)10-12-3-7-16-8-4-12/h1-8H,9-10H2. The molecule has 0 N–H and O–H groups in total. The van der Waals surface area contributed by atoms with Gasteiger partial charge in [0.05, 0.1) is 0 Å². The second-order valence-electron chi connectivity index (χ2n) is 3.88. The number of hydrogen-bond acceptors (Lipinski definition) is 2. The molecule has 0 unspecified atom stereocenters. The molecule has 0 aliphatic rings. The Morgan fingerprint density at radius 1 is 0.812 bits per heavy atom. The van der Waals surface area contributed by atoms with Crippen LogP contribution < -0.4 is 0 Å². The SMILES string of the molecule is [B]B(Cc1ccncc1)Cc1ccncc1. The van der Waals surface area contributed by atoms with Gasteiger partial charge in [0.1, 0.15) is 6.60 Å². The van der Waals surface area contributed by atoms with Gasteiger partial charge in [0.25, 0.3) is 0 Å². The van der Waals surface area contributed by atoms with Crippen molar-refractivity contribution in [3.63, 3.8) is 0 Å². The third kappa shape index (κ3) is 3.23. The second kappa shape index (κ2) is 5.50. The topological polar surface area (TPSA) is 25.8 Å². The van der Waals surface area contributed by atoms with Gasteiger partial charge >= 0.3 is 0 Å². The monoisotopic (exact) mass is 206 g/mol. The van der Waals surface area contributed by atoms with E-state index in [2.05, 4.69) is 9.97 Å². The first-order valence-corrected chi connectivity index (χ1v) is 5.38. The van der Waals surface area contributed by atoms with Crippen molar-refractivity contribution < 1.29 is 0 Å². The fourth-order valence-electron chi connectivity index (χ4n) is 1.72. The lowest BCUT2D eigenvalue weighted by atomic mass is 9.28. The van der Waals surface area contributed by atoms with Crippen LogP contribution in [0.3, 0.4) is 0 Å². The lowest BCUT2D eigenvalue weighted by Gasteiger charge is -2.08. The highest BCUT2D eigenvalue weighted by atomic mass is 14.6. The molecule has 0 saturated carbocycles. The largest absolute Gasteiger partial charge is 0.265 e. The summed E-state index contributed by atoms with van der Waals surface area (Å²) in [7, 11) is 6.10. The van der Waals surface area contributed by atoms with Crippen molar-refractivity contribution >= 4 is 14.3 Å². The molecule has 76 valence electrons. The zero-order valence-electron chi connectivity index (χ0n) is 9.08. The molecule has 0 fully saturated rings. The van der Waals surface area contributed by atoms with Crippen molar-refractivity contribution in [3.8, 4) is 0 Å². The Hall–Kier alpha value is -1.57. The number of aromatic nitrogens is 2. The summed E-state index contributed by atoms with van der Waals surface area (Å²) < 4.78 is 0. The number of hydrogen-bond donors (Lipinski definition) is 0. The van der Waals surface area contributed by atoms with Crippen molar-refractivity contribution in [1.82, 2.24) is 9.97 Å². The Morgan fingerprint density at radius 2 is 1.19 bits per heavy atom. The van der Waals surface area contributed by atoms with E-state index < -0.39 is 0 Å². The van der Waals surface area contributed by atoms with Gasteiger partial charge in [0, 0.05) is 32.5 Å². The van der Waals surface area contributed by atoms with Crippen LogP contribution in [0, 0.1) is 0 Å². The Bertz CT molecular complexity index is 378. The van der Waals surface area contributed by atoms with E-state index in [0.717, 1.165) is 12.6 Å². The average molecular weight is 206 g/mol. The van der Waals surface area contributed by atoms with E-state index in [0.29, 0.717) is 0 Å². The van der Waals surface area contributed by atoms with E-state index in [1.807, 2.05) is 24.3 Å². The molecule has 16 heavy (non-hydrogen) atoms. The summed E-state index contributed by atoms with van der Waals surface area (Å²) >= 11 is 0. The van der Waals surface area contributed by atoms with E-state index in [9.17, 15) is 0 Å². The van der Waals surface area contributed by atoms with Crippen LogP contribution in [0.5, 0.6) is 0 Å². The molecule has 0 bridgehead atoms. The first kappa shape index (κ1) is 10.9. The number of pyridine rings is 2. The Morgan fingerprint density at radius 3 is 1.56 bits per heavy atom. The maximum atomic E-state index is 6.10. The maximum Gasteiger partial charge on any atom is 0.101 e. The molecule has 0 aliphatic heterocycles. The van der Waals surface area contributed by atoms with Gasteiger partial charge in [0.15, 0.2) is 0 Å². The Kier molecular flexibility index (Phi) is 3.76. The van der Waals surface area contributed by atoms with Gasteiger partial charge in [-0.2, -0.15) is 0 Å². The van der Waals surface area contributed by atoms with Crippen LogP contribution in [0.4, 0.5) is 0 Å². The zero-order chi connectivity index (χ0) is 11.2. The number of nitrogens with zero attached hydrogens (tertiary/aromatic N) is 2. The summed E-state index contributed by atoms with van der Waals surface area (Å²) in [4.78, 5) is 7.98. The molecule has 0 aliphatic carbocycles. The highest BCUT2D eigenvalue weighted by Gasteiger charge is 2.07. The average Bonchev–Trinajstić information content (AvgIpc) is 2.31. The molecule has 0 amide bonds. The van der Waals surface area contributed by atoms with Crippen molar-refractivity contribution in [1.29, 1.82) is 0 Å². The first-order valence-electron chi connectivity index (χ1n) is 5.38. The van der Waals surface area contributed by atoms with Crippen LogP contribution in [0.1, 0.15) is 11.1 Å². The minimum atomic E-state index is 0.143. The van der Waals surface area contributed by atoms with E-state index in [1.54, 1.807) is 24.8 Å². The van der Waals surface area contributed by atoms with Gasteiger partial charge in [-0.1, -0.05) is 23.8 Å². The van der Waals surface area contributed by atoms with Crippen molar-refractivity contribution in [3.05, 3.63) is 60.2 Å². The fourth-order valence-corrected chi connectivity index (χ4v) is 1.72. The van der Waals surface area contributed by atoms with Gasteiger partial charge in [-0.3, -0.25) is 9.97 Å². The predicted molar refractivity (Wildman–Crippen MR) is 67.4 cm³/mol. The van der Waals surface area contributed by atoms with Crippen LogP contribution in [0.25, 0.3) is 0 Å². The molecule has 2 aromatic heterocycles. The van der Waals surface area contributed by atoms with Crippen molar-refractivity contribution in [2.75, 3.05) is 0 Å². The fraction of sp³-hybridized carbons (Fsp3) is 0.167. The lowest BCUT2D eigenvalue weighted by molar-refractivity contribution is 1.22. The number of rotatable bonds is 4. The summed E-state index contributed by atoms with van der Waals surface area (Å²) in [5.74, 6) is 0. The first-order chi connectivity index (χ1) is 7.84. The van der Waals surface area contributed by atoms with Gasteiger partial charge < -0.3 is 0 Å². The molecular weight excluding hydrogens is 194 g/mol. The van der Waals surface area contributed by atoms with E-state index in [1.165, 1.54) is 11.1 Å².